The molecule has 1 aliphatic carbocycles. The molecule has 1 saturated carbocycles. The molecule has 2 fully saturated rings. The number of rotatable bonds is 11. The van der Waals surface area contributed by atoms with Crippen molar-refractivity contribution in [3.05, 3.63) is 34.3 Å². The van der Waals surface area contributed by atoms with Crippen LogP contribution in [0.4, 0.5) is 4.39 Å². The molecule has 3 heteroatoms. The molecule has 2 aliphatic rings. The van der Waals surface area contributed by atoms with Gasteiger partial charge < -0.3 is 0 Å². The molecule has 0 N–H and O–H groups in total. The van der Waals surface area contributed by atoms with Gasteiger partial charge in [-0.2, -0.15) is 0 Å². The number of unbranched alkanes of at least 4 members (excludes halogenated alkanes) is 3. The minimum atomic E-state index is -0.390. The third-order valence-electron chi connectivity index (χ3n) is 8.19. The van der Waals surface area contributed by atoms with Crippen LogP contribution in [0.25, 0.3) is 0 Å². The smallest absolute Gasteiger partial charge is 0.115 e. The molecule has 0 nitrogen and oxygen atoms in total. The summed E-state index contributed by atoms with van der Waals surface area (Å²) in [6.45, 7) is 1.94. The summed E-state index contributed by atoms with van der Waals surface area (Å²) < 4.78 is 13.4. The van der Waals surface area contributed by atoms with Gasteiger partial charge in [0.1, 0.15) is 6.67 Å². The fraction of sp³-hybridized carbons (Fsp3) is 0.778. The third-order valence-corrected chi connectivity index (χ3v) is 12.0. The van der Waals surface area contributed by atoms with Gasteiger partial charge in [0.05, 0.1) is 0 Å². The Hall–Kier alpha value is -0.343. The number of alkyl halides is 1. The van der Waals surface area contributed by atoms with Gasteiger partial charge in [0.25, 0.3) is 0 Å². The van der Waals surface area contributed by atoms with Crippen LogP contribution in [0.2, 0.25) is 23.2 Å². The Kier molecular flexibility index (Phi) is 10.7. The molecule has 30 heavy (non-hydrogen) atoms. The Labute approximate surface area is 192 Å². The molecule has 3 rings (SSSR count). The second-order valence-electron chi connectivity index (χ2n) is 10.4. The summed E-state index contributed by atoms with van der Waals surface area (Å²) in [4.78, 5) is 0. The van der Waals surface area contributed by atoms with Gasteiger partial charge in [-0.1, -0.05) is 101 Å². The van der Waals surface area contributed by atoms with E-state index in [2.05, 4.69) is 13.0 Å². The first-order valence-corrected chi connectivity index (χ1v) is 15.9. The molecule has 0 spiro atoms. The highest BCUT2D eigenvalue weighted by Crippen LogP contribution is 2.40. The summed E-state index contributed by atoms with van der Waals surface area (Å²) in [6.07, 6.45) is 18.4. The Morgan fingerprint density at radius 3 is 2.20 bits per heavy atom. The van der Waals surface area contributed by atoms with Crippen molar-refractivity contribution in [2.45, 2.75) is 121 Å². The quantitative estimate of drug-likeness (QED) is 0.232. The van der Waals surface area contributed by atoms with Gasteiger partial charge >= 0.3 is 0 Å². The van der Waals surface area contributed by atoms with Crippen LogP contribution >= 0.6 is 11.6 Å². The van der Waals surface area contributed by atoms with Crippen LogP contribution < -0.4 is 0 Å². The van der Waals surface area contributed by atoms with Crippen LogP contribution in [0.3, 0.4) is 0 Å². The van der Waals surface area contributed by atoms with Gasteiger partial charge in [0.15, 0.2) is 0 Å². The zero-order valence-corrected chi connectivity index (χ0v) is 21.2. The van der Waals surface area contributed by atoms with E-state index in [1.807, 2.05) is 12.1 Å². The fourth-order valence-electron chi connectivity index (χ4n) is 6.21. The maximum absolute atomic E-state index is 13.4. The van der Waals surface area contributed by atoms with Gasteiger partial charge in [-0.25, -0.2) is 4.39 Å². The van der Waals surface area contributed by atoms with E-state index in [1.165, 1.54) is 76.2 Å². The van der Waals surface area contributed by atoms with Crippen molar-refractivity contribution < 1.29 is 4.39 Å². The largest absolute Gasteiger partial charge is 0.246 e. The average Bonchev–Trinajstić information content (AvgIpc) is 2.78. The van der Waals surface area contributed by atoms with E-state index in [-0.39, 0.29) is 15.5 Å². The SMILES string of the molecule is CCCCC[Si@H]1CC[C@H](CCCC[C@H]2CC[C@H](c3ccc(Cl)cc3CF)CC2)CC1. The normalized spacial score (nSPS) is 27.3. The van der Waals surface area contributed by atoms with E-state index in [4.69, 9.17) is 11.6 Å². The van der Waals surface area contributed by atoms with E-state index < -0.39 is 0 Å². The van der Waals surface area contributed by atoms with Crippen molar-refractivity contribution in [1.29, 1.82) is 0 Å². The van der Waals surface area contributed by atoms with Crippen molar-refractivity contribution in [3.63, 3.8) is 0 Å². The van der Waals surface area contributed by atoms with E-state index in [9.17, 15) is 4.39 Å². The van der Waals surface area contributed by atoms with Crippen molar-refractivity contribution >= 4 is 20.4 Å². The predicted octanol–water partition coefficient (Wildman–Crippen LogP) is 9.47. The molecule has 1 aromatic carbocycles. The Morgan fingerprint density at radius 1 is 0.900 bits per heavy atom. The number of halogens is 2. The molecule has 1 heterocycles. The lowest BCUT2D eigenvalue weighted by Gasteiger charge is -2.30. The van der Waals surface area contributed by atoms with Crippen molar-refractivity contribution in [2.75, 3.05) is 0 Å². The predicted molar refractivity (Wildman–Crippen MR) is 133 cm³/mol. The molecule has 0 bridgehead atoms. The molecule has 0 unspecified atom stereocenters. The molecule has 0 amide bonds. The van der Waals surface area contributed by atoms with E-state index in [1.54, 1.807) is 31.0 Å². The maximum atomic E-state index is 13.4. The molecule has 0 atom stereocenters. The molecule has 170 valence electrons. The summed E-state index contributed by atoms with van der Waals surface area (Å²) in [6, 6.07) is 10.7. The topological polar surface area (TPSA) is 0 Å². The van der Waals surface area contributed by atoms with Gasteiger partial charge in [-0.15, -0.1) is 0 Å². The molecule has 1 aliphatic heterocycles. The number of hydrogen-bond donors (Lipinski definition) is 0. The van der Waals surface area contributed by atoms with Crippen LogP contribution in [0.5, 0.6) is 0 Å². The van der Waals surface area contributed by atoms with E-state index in [0.29, 0.717) is 10.9 Å². The first kappa shape index (κ1) is 24.3. The second-order valence-corrected chi connectivity index (χ2v) is 14.3. The fourth-order valence-corrected chi connectivity index (χ4v) is 10.0. The van der Waals surface area contributed by atoms with Crippen LogP contribution in [0.1, 0.15) is 107 Å². The van der Waals surface area contributed by atoms with Gasteiger partial charge in [0.2, 0.25) is 0 Å². The molecule has 1 aromatic rings. The zero-order valence-electron chi connectivity index (χ0n) is 19.3. The van der Waals surface area contributed by atoms with Crippen molar-refractivity contribution in [1.82, 2.24) is 0 Å². The summed E-state index contributed by atoms with van der Waals surface area (Å²) in [7, 11) is -0.333. The Balaban J connectivity index is 1.27. The highest BCUT2D eigenvalue weighted by Gasteiger charge is 2.25. The van der Waals surface area contributed by atoms with Crippen LogP contribution in [-0.4, -0.2) is 8.80 Å². The first-order valence-electron chi connectivity index (χ1n) is 13.0. The second kappa shape index (κ2) is 13.3. The lowest BCUT2D eigenvalue weighted by molar-refractivity contribution is 0.295. The van der Waals surface area contributed by atoms with E-state index >= 15 is 0 Å². The van der Waals surface area contributed by atoms with Gasteiger partial charge in [-0.05, 0) is 66.7 Å². The van der Waals surface area contributed by atoms with Crippen molar-refractivity contribution in [3.8, 4) is 0 Å². The maximum Gasteiger partial charge on any atom is 0.115 e. The van der Waals surface area contributed by atoms with Crippen LogP contribution in [-0.2, 0) is 6.67 Å². The third kappa shape index (κ3) is 7.66. The minimum absolute atomic E-state index is 0.333. The van der Waals surface area contributed by atoms with Gasteiger partial charge in [0, 0.05) is 13.8 Å². The Bertz CT molecular complexity index is 603. The van der Waals surface area contributed by atoms with Crippen molar-refractivity contribution in [2.24, 2.45) is 11.8 Å². The lowest BCUT2D eigenvalue weighted by atomic mass is 9.76. The summed E-state index contributed by atoms with van der Waals surface area (Å²) in [5.41, 5.74) is 2.03. The standard InChI is InChI=1S/C27H44ClFSi/c1-2-3-6-17-30-18-15-23(16-19-30)8-5-4-7-22-9-11-24(12-10-22)27-14-13-26(28)20-25(27)21-29/h13-14,20,22-24,30H,2-12,15-19,21H2,1H3/t22-,23-,24-,30-. The monoisotopic (exact) mass is 450 g/mol. The minimum Gasteiger partial charge on any atom is -0.246 e. The number of benzene rings is 1. The lowest BCUT2D eigenvalue weighted by Crippen LogP contribution is -2.21. The highest BCUT2D eigenvalue weighted by molar-refractivity contribution is 6.58. The molecule has 0 radical (unpaired) electrons. The highest BCUT2D eigenvalue weighted by atomic mass is 35.5. The summed E-state index contributed by atoms with van der Waals surface area (Å²) in [5.74, 6) is 2.50. The average molecular weight is 451 g/mol. The zero-order chi connectivity index (χ0) is 21.2. The molecule has 1 saturated heterocycles. The summed E-state index contributed by atoms with van der Waals surface area (Å²) in [5, 5.41) is 0.660. The first-order chi connectivity index (χ1) is 14.7. The number of hydrogen-bond acceptors (Lipinski definition) is 0. The summed E-state index contributed by atoms with van der Waals surface area (Å²) >= 11 is 6.05. The van der Waals surface area contributed by atoms with E-state index in [0.717, 1.165) is 17.4 Å². The molecule has 0 aromatic heterocycles. The van der Waals surface area contributed by atoms with Gasteiger partial charge in [-0.3, -0.25) is 0 Å². The van der Waals surface area contributed by atoms with Crippen LogP contribution in [0, 0.1) is 11.8 Å². The molecular formula is C27H44ClFSi. The Morgan fingerprint density at radius 2 is 1.57 bits per heavy atom. The molecular weight excluding hydrogens is 407 g/mol. The van der Waals surface area contributed by atoms with Crippen LogP contribution in [0.15, 0.2) is 18.2 Å².